The molecule has 0 amide bonds. The first-order valence-corrected chi connectivity index (χ1v) is 10.2. The fourth-order valence-electron chi connectivity index (χ4n) is 3.00. The van der Waals surface area contributed by atoms with Gasteiger partial charge in [0.25, 0.3) is 0 Å². The lowest BCUT2D eigenvalue weighted by Gasteiger charge is -2.26. The molecule has 0 atom stereocenters. The number of hydrogen-bond acceptors (Lipinski definition) is 5. The van der Waals surface area contributed by atoms with Crippen molar-refractivity contribution in [3.05, 3.63) is 59.2 Å². The van der Waals surface area contributed by atoms with Crippen molar-refractivity contribution in [1.82, 2.24) is 4.31 Å². The molecule has 0 N–H and O–H groups in total. The average Bonchev–Trinajstić information content (AvgIpc) is 2.67. The molecule has 2 aromatic carbocycles. The first-order chi connectivity index (χ1) is 12.9. The van der Waals surface area contributed by atoms with Gasteiger partial charge in [-0.1, -0.05) is 23.8 Å². The molecule has 0 spiro atoms. The van der Waals surface area contributed by atoms with Crippen LogP contribution in [0.5, 0.6) is 5.75 Å². The number of carbonyl (C=O) groups is 1. The van der Waals surface area contributed by atoms with E-state index in [1.807, 2.05) is 26.0 Å². The number of ketones is 1. The van der Waals surface area contributed by atoms with Gasteiger partial charge in [0.15, 0.2) is 12.4 Å². The number of Topliss-reactive ketones (excluding diaryl/α,β-unsaturated/α-hetero) is 1. The maximum atomic E-state index is 12.6. The molecule has 0 unspecified atom stereocenters. The Balaban J connectivity index is 1.64. The van der Waals surface area contributed by atoms with Gasteiger partial charge >= 0.3 is 0 Å². The Morgan fingerprint density at radius 2 is 1.74 bits per heavy atom. The zero-order chi connectivity index (χ0) is 19.4. The van der Waals surface area contributed by atoms with Gasteiger partial charge in [-0.25, -0.2) is 8.42 Å². The Hall–Kier alpha value is -2.22. The van der Waals surface area contributed by atoms with Crippen molar-refractivity contribution in [3.63, 3.8) is 0 Å². The molecule has 1 saturated heterocycles. The molecule has 3 rings (SSSR count). The number of ether oxygens (including phenoxy) is 2. The van der Waals surface area contributed by atoms with Crippen LogP contribution >= 0.6 is 0 Å². The van der Waals surface area contributed by atoms with E-state index in [1.165, 1.54) is 16.4 Å². The molecule has 1 fully saturated rings. The molecular weight excluding hydrogens is 366 g/mol. The number of rotatable bonds is 6. The third-order valence-electron chi connectivity index (χ3n) is 4.48. The van der Waals surface area contributed by atoms with Crippen LogP contribution in [-0.4, -0.2) is 51.4 Å². The minimum absolute atomic E-state index is 0.0978. The van der Waals surface area contributed by atoms with Gasteiger partial charge < -0.3 is 9.47 Å². The number of nitrogens with zero attached hydrogens (tertiary/aromatic N) is 1. The largest absolute Gasteiger partial charge is 0.485 e. The summed E-state index contributed by atoms with van der Waals surface area (Å²) < 4.78 is 37.3. The van der Waals surface area contributed by atoms with Crippen molar-refractivity contribution in [2.75, 3.05) is 32.9 Å². The molecule has 7 heteroatoms. The molecule has 6 nitrogen and oxygen atoms in total. The third-order valence-corrected chi connectivity index (χ3v) is 6.40. The molecule has 0 aromatic heterocycles. The Morgan fingerprint density at radius 3 is 2.37 bits per heavy atom. The first-order valence-electron chi connectivity index (χ1n) is 8.79. The summed E-state index contributed by atoms with van der Waals surface area (Å²) in [5.41, 5.74) is 2.64. The molecule has 0 saturated carbocycles. The van der Waals surface area contributed by atoms with Crippen LogP contribution in [0, 0.1) is 13.8 Å². The lowest BCUT2D eigenvalue weighted by Crippen LogP contribution is -2.40. The van der Waals surface area contributed by atoms with Gasteiger partial charge in [-0.2, -0.15) is 4.31 Å². The molecule has 1 aliphatic rings. The molecule has 144 valence electrons. The highest BCUT2D eigenvalue weighted by atomic mass is 32.2. The number of carbonyl (C=O) groups excluding carboxylic acids is 1. The zero-order valence-corrected chi connectivity index (χ0v) is 16.3. The summed E-state index contributed by atoms with van der Waals surface area (Å²) in [6, 6.07) is 11.8. The second-order valence-electron chi connectivity index (χ2n) is 6.52. The highest BCUT2D eigenvalue weighted by Crippen LogP contribution is 2.21. The van der Waals surface area contributed by atoms with Crippen LogP contribution in [0.15, 0.2) is 47.4 Å². The van der Waals surface area contributed by atoms with Crippen molar-refractivity contribution in [2.24, 2.45) is 0 Å². The number of aryl methyl sites for hydroxylation is 2. The van der Waals surface area contributed by atoms with E-state index in [9.17, 15) is 13.2 Å². The SMILES string of the molecule is Cc1ccc(C(=O)COc2ccc(S(=O)(=O)N3CCOCC3)cc2)c(C)c1. The summed E-state index contributed by atoms with van der Waals surface area (Å²) in [5, 5.41) is 0. The van der Waals surface area contributed by atoms with Gasteiger partial charge in [-0.3, -0.25) is 4.79 Å². The molecule has 0 bridgehead atoms. The minimum atomic E-state index is -3.53. The van der Waals surface area contributed by atoms with Crippen LogP contribution in [-0.2, 0) is 14.8 Å². The van der Waals surface area contributed by atoms with E-state index < -0.39 is 10.0 Å². The van der Waals surface area contributed by atoms with Crippen molar-refractivity contribution in [3.8, 4) is 5.75 Å². The third kappa shape index (κ3) is 4.55. The molecule has 2 aromatic rings. The standard InChI is InChI=1S/C20H23NO5S/c1-15-3-8-19(16(2)13-15)20(22)14-26-17-4-6-18(7-5-17)27(23,24)21-9-11-25-12-10-21/h3-8,13H,9-12,14H2,1-2H3. The van der Waals surface area contributed by atoms with Crippen LogP contribution in [0.2, 0.25) is 0 Å². The van der Waals surface area contributed by atoms with Crippen LogP contribution in [0.3, 0.4) is 0 Å². The van der Waals surface area contributed by atoms with Gasteiger partial charge in [0, 0.05) is 18.7 Å². The van der Waals surface area contributed by atoms with E-state index >= 15 is 0 Å². The average molecular weight is 389 g/mol. The summed E-state index contributed by atoms with van der Waals surface area (Å²) in [4.78, 5) is 12.5. The molecule has 0 radical (unpaired) electrons. The van der Waals surface area contributed by atoms with Gasteiger partial charge in [-0.15, -0.1) is 0 Å². The number of hydrogen-bond donors (Lipinski definition) is 0. The smallest absolute Gasteiger partial charge is 0.243 e. The number of sulfonamides is 1. The second kappa shape index (κ2) is 8.21. The van der Waals surface area contributed by atoms with Crippen molar-refractivity contribution in [1.29, 1.82) is 0 Å². The maximum absolute atomic E-state index is 12.6. The van der Waals surface area contributed by atoms with E-state index in [0.717, 1.165) is 11.1 Å². The van der Waals surface area contributed by atoms with E-state index in [-0.39, 0.29) is 17.3 Å². The van der Waals surface area contributed by atoms with Crippen LogP contribution in [0.25, 0.3) is 0 Å². The Morgan fingerprint density at radius 1 is 1.07 bits per heavy atom. The predicted molar refractivity (Wildman–Crippen MR) is 102 cm³/mol. The maximum Gasteiger partial charge on any atom is 0.243 e. The van der Waals surface area contributed by atoms with Gasteiger partial charge in [0.2, 0.25) is 10.0 Å². The fourth-order valence-corrected chi connectivity index (χ4v) is 4.40. The Kier molecular flexibility index (Phi) is 5.94. The predicted octanol–water partition coefficient (Wildman–Crippen LogP) is 2.59. The fraction of sp³-hybridized carbons (Fsp3) is 0.350. The van der Waals surface area contributed by atoms with E-state index in [1.54, 1.807) is 18.2 Å². The monoisotopic (exact) mass is 389 g/mol. The minimum Gasteiger partial charge on any atom is -0.485 e. The summed E-state index contributed by atoms with van der Waals surface area (Å²) in [6.45, 7) is 5.28. The highest BCUT2D eigenvalue weighted by molar-refractivity contribution is 7.89. The van der Waals surface area contributed by atoms with Crippen LogP contribution in [0.1, 0.15) is 21.5 Å². The number of morpholine rings is 1. The molecular formula is C20H23NO5S. The molecule has 1 heterocycles. The van der Waals surface area contributed by atoms with Crippen LogP contribution in [0.4, 0.5) is 0 Å². The molecule has 0 aliphatic carbocycles. The lowest BCUT2D eigenvalue weighted by atomic mass is 10.0. The zero-order valence-electron chi connectivity index (χ0n) is 15.5. The highest BCUT2D eigenvalue weighted by Gasteiger charge is 2.26. The number of benzene rings is 2. The van der Waals surface area contributed by atoms with Crippen molar-refractivity contribution in [2.45, 2.75) is 18.7 Å². The summed E-state index contributed by atoms with van der Waals surface area (Å²) in [5.74, 6) is 0.339. The quantitative estimate of drug-likeness (QED) is 0.710. The van der Waals surface area contributed by atoms with E-state index in [2.05, 4.69) is 0 Å². The van der Waals surface area contributed by atoms with Gasteiger partial charge in [0.05, 0.1) is 18.1 Å². The Bertz CT molecular complexity index is 916. The topological polar surface area (TPSA) is 72.9 Å². The van der Waals surface area contributed by atoms with E-state index in [4.69, 9.17) is 9.47 Å². The Labute approximate surface area is 159 Å². The summed E-state index contributed by atoms with van der Waals surface area (Å²) in [6.07, 6.45) is 0. The first kappa shape index (κ1) is 19.5. The summed E-state index contributed by atoms with van der Waals surface area (Å²) >= 11 is 0. The van der Waals surface area contributed by atoms with Crippen molar-refractivity contribution < 1.29 is 22.7 Å². The van der Waals surface area contributed by atoms with Gasteiger partial charge in [0.1, 0.15) is 5.75 Å². The summed E-state index contributed by atoms with van der Waals surface area (Å²) in [7, 11) is -3.53. The van der Waals surface area contributed by atoms with Gasteiger partial charge in [-0.05, 0) is 43.7 Å². The second-order valence-corrected chi connectivity index (χ2v) is 8.46. The molecule has 27 heavy (non-hydrogen) atoms. The normalized spacial score (nSPS) is 15.5. The van der Waals surface area contributed by atoms with E-state index in [0.29, 0.717) is 37.6 Å². The van der Waals surface area contributed by atoms with Crippen molar-refractivity contribution >= 4 is 15.8 Å². The van der Waals surface area contributed by atoms with Crippen LogP contribution < -0.4 is 4.74 Å². The lowest BCUT2D eigenvalue weighted by molar-refractivity contribution is 0.0730. The molecule has 1 aliphatic heterocycles.